The molecule has 2 amide bonds. The van der Waals surface area contributed by atoms with E-state index in [1.807, 2.05) is 0 Å². The van der Waals surface area contributed by atoms with Crippen LogP contribution in [0.15, 0.2) is 23.3 Å². The van der Waals surface area contributed by atoms with Crippen molar-refractivity contribution in [1.82, 2.24) is 0 Å². The Morgan fingerprint density at radius 3 is 2.48 bits per heavy atom. The minimum absolute atomic E-state index is 0.0396. The van der Waals surface area contributed by atoms with E-state index < -0.39 is 29.7 Å². The first-order chi connectivity index (χ1) is 11.7. The van der Waals surface area contributed by atoms with Crippen LogP contribution in [-0.2, 0) is 19.1 Å². The van der Waals surface area contributed by atoms with Crippen molar-refractivity contribution in [1.29, 1.82) is 0 Å². The van der Waals surface area contributed by atoms with Gasteiger partial charge < -0.3 is 9.47 Å². The molecule has 2 rings (SSSR count). The second-order valence-corrected chi connectivity index (χ2v) is 6.11. The van der Waals surface area contributed by atoms with Crippen molar-refractivity contribution in [2.45, 2.75) is 33.3 Å². The molecule has 25 heavy (non-hydrogen) atoms. The predicted molar refractivity (Wildman–Crippen MR) is 89.0 cm³/mol. The standard InChI is InChI=1S/C17H17ClFNO5/c1-8(2)10-5-15(21)20(16(10)22)13-7-14(11(18)6-12(13)19)25-9(3)17(23)24-4/h6-7,9H,5H2,1-4H3. The topological polar surface area (TPSA) is 72.9 Å². The Morgan fingerprint density at radius 1 is 1.32 bits per heavy atom. The van der Waals surface area contributed by atoms with Crippen molar-refractivity contribution in [2.24, 2.45) is 0 Å². The molecular formula is C17H17ClFNO5. The van der Waals surface area contributed by atoms with Crippen molar-refractivity contribution >= 4 is 35.1 Å². The van der Waals surface area contributed by atoms with Crippen molar-refractivity contribution in [3.63, 3.8) is 0 Å². The van der Waals surface area contributed by atoms with Crippen LogP contribution in [0.4, 0.5) is 10.1 Å². The van der Waals surface area contributed by atoms with Crippen LogP contribution in [0.1, 0.15) is 27.2 Å². The average molecular weight is 370 g/mol. The molecule has 1 saturated heterocycles. The largest absolute Gasteiger partial charge is 0.477 e. The molecule has 1 atom stereocenters. The molecule has 0 bridgehead atoms. The molecule has 0 spiro atoms. The van der Waals surface area contributed by atoms with Gasteiger partial charge in [0.2, 0.25) is 5.91 Å². The lowest BCUT2D eigenvalue weighted by Gasteiger charge is -2.18. The molecule has 0 saturated carbocycles. The first-order valence-corrected chi connectivity index (χ1v) is 7.82. The number of allylic oxidation sites excluding steroid dienone is 1. The van der Waals surface area contributed by atoms with Gasteiger partial charge in [-0.15, -0.1) is 0 Å². The third-order valence-corrected chi connectivity index (χ3v) is 4.02. The number of imide groups is 1. The van der Waals surface area contributed by atoms with Gasteiger partial charge in [-0.05, 0) is 26.8 Å². The van der Waals surface area contributed by atoms with Crippen LogP contribution in [0.25, 0.3) is 0 Å². The molecule has 6 nitrogen and oxygen atoms in total. The smallest absolute Gasteiger partial charge is 0.346 e. The molecule has 1 fully saturated rings. The zero-order valence-electron chi connectivity index (χ0n) is 14.2. The summed E-state index contributed by atoms with van der Waals surface area (Å²) in [6.07, 6.45) is -1.10. The normalized spacial score (nSPS) is 15.4. The lowest BCUT2D eigenvalue weighted by Crippen LogP contribution is -2.30. The number of amides is 2. The van der Waals surface area contributed by atoms with Crippen LogP contribution in [0.2, 0.25) is 5.02 Å². The summed E-state index contributed by atoms with van der Waals surface area (Å²) in [6.45, 7) is 4.84. The van der Waals surface area contributed by atoms with E-state index in [-0.39, 0.29) is 22.9 Å². The molecule has 1 unspecified atom stereocenters. The molecule has 1 aliphatic heterocycles. The third kappa shape index (κ3) is 3.66. The maximum Gasteiger partial charge on any atom is 0.346 e. The highest BCUT2D eigenvalue weighted by molar-refractivity contribution is 6.32. The molecule has 0 N–H and O–H groups in total. The van der Waals surface area contributed by atoms with Gasteiger partial charge in [0.15, 0.2) is 6.10 Å². The minimum Gasteiger partial charge on any atom is -0.477 e. The van der Waals surface area contributed by atoms with Crippen LogP contribution in [0.5, 0.6) is 5.75 Å². The van der Waals surface area contributed by atoms with Gasteiger partial charge in [-0.3, -0.25) is 9.59 Å². The molecule has 0 aromatic heterocycles. The van der Waals surface area contributed by atoms with Crippen LogP contribution < -0.4 is 9.64 Å². The monoisotopic (exact) mass is 369 g/mol. The quantitative estimate of drug-likeness (QED) is 0.463. The number of carbonyl (C=O) groups is 3. The summed E-state index contributed by atoms with van der Waals surface area (Å²) in [5.41, 5.74) is 0.735. The van der Waals surface area contributed by atoms with Gasteiger partial charge in [-0.2, -0.15) is 0 Å². The van der Waals surface area contributed by atoms with E-state index in [0.717, 1.165) is 17.0 Å². The number of rotatable bonds is 4. The zero-order valence-corrected chi connectivity index (χ0v) is 14.9. The van der Waals surface area contributed by atoms with Gasteiger partial charge in [0, 0.05) is 11.6 Å². The maximum absolute atomic E-state index is 14.3. The summed E-state index contributed by atoms with van der Waals surface area (Å²) < 4.78 is 24.2. The van der Waals surface area contributed by atoms with Gasteiger partial charge >= 0.3 is 5.97 Å². The predicted octanol–water partition coefficient (Wildman–Crippen LogP) is 3.02. The van der Waals surface area contributed by atoms with E-state index in [1.54, 1.807) is 13.8 Å². The summed E-state index contributed by atoms with van der Waals surface area (Å²) in [5, 5.41) is -0.0986. The van der Waals surface area contributed by atoms with Crippen molar-refractivity contribution < 1.29 is 28.2 Å². The maximum atomic E-state index is 14.3. The average Bonchev–Trinajstić information content (AvgIpc) is 2.84. The first-order valence-electron chi connectivity index (χ1n) is 7.44. The fourth-order valence-electron chi connectivity index (χ4n) is 2.37. The number of methoxy groups -OCH3 is 1. The molecule has 1 aliphatic rings. The van der Waals surface area contributed by atoms with Gasteiger partial charge in [0.25, 0.3) is 5.91 Å². The Bertz CT molecular complexity index is 785. The van der Waals surface area contributed by atoms with Gasteiger partial charge in [-0.25, -0.2) is 14.1 Å². The SMILES string of the molecule is COC(=O)C(C)Oc1cc(N2C(=O)CC(=C(C)C)C2=O)c(F)cc1Cl. The van der Waals surface area contributed by atoms with Crippen LogP contribution in [0.3, 0.4) is 0 Å². The van der Waals surface area contributed by atoms with Gasteiger partial charge in [0.05, 0.1) is 24.2 Å². The highest BCUT2D eigenvalue weighted by Crippen LogP contribution is 2.36. The van der Waals surface area contributed by atoms with Crippen LogP contribution in [-0.4, -0.2) is 31.0 Å². The summed E-state index contributed by atoms with van der Waals surface area (Å²) in [4.78, 5) is 36.8. The molecule has 0 radical (unpaired) electrons. The number of nitrogens with zero attached hydrogens (tertiary/aromatic N) is 1. The summed E-state index contributed by atoms with van der Waals surface area (Å²) in [7, 11) is 1.20. The number of carbonyl (C=O) groups excluding carboxylic acids is 3. The molecule has 0 aliphatic carbocycles. The number of hydrogen-bond donors (Lipinski definition) is 0. The fourth-order valence-corrected chi connectivity index (χ4v) is 2.57. The van der Waals surface area contributed by atoms with Gasteiger partial charge in [0.1, 0.15) is 11.6 Å². The number of hydrogen-bond acceptors (Lipinski definition) is 5. The van der Waals surface area contributed by atoms with E-state index in [9.17, 15) is 18.8 Å². The minimum atomic E-state index is -1.00. The number of ether oxygens (including phenoxy) is 2. The number of anilines is 1. The Labute approximate surface area is 149 Å². The summed E-state index contributed by atoms with van der Waals surface area (Å²) in [5.74, 6) is -2.67. The summed E-state index contributed by atoms with van der Waals surface area (Å²) >= 11 is 5.94. The Balaban J connectivity index is 2.44. The Kier molecular flexibility index (Phi) is 5.47. The van der Waals surface area contributed by atoms with E-state index in [4.69, 9.17) is 16.3 Å². The number of benzene rings is 1. The molecular weight excluding hydrogens is 353 g/mol. The molecule has 134 valence electrons. The lowest BCUT2D eigenvalue weighted by molar-refractivity contribution is -0.147. The highest BCUT2D eigenvalue weighted by atomic mass is 35.5. The second kappa shape index (κ2) is 7.23. The molecule has 1 aromatic rings. The fraction of sp³-hybridized carbons (Fsp3) is 0.353. The highest BCUT2D eigenvalue weighted by Gasteiger charge is 2.37. The second-order valence-electron chi connectivity index (χ2n) is 5.71. The van der Waals surface area contributed by atoms with Crippen LogP contribution in [0, 0.1) is 5.82 Å². The van der Waals surface area contributed by atoms with Crippen molar-refractivity contribution in [3.05, 3.63) is 34.1 Å². The number of halogens is 2. The molecule has 8 heteroatoms. The Hall–Kier alpha value is -2.41. The van der Waals surface area contributed by atoms with E-state index >= 15 is 0 Å². The number of esters is 1. The lowest BCUT2D eigenvalue weighted by atomic mass is 10.1. The molecule has 1 heterocycles. The van der Waals surface area contributed by atoms with Crippen LogP contribution >= 0.6 is 11.6 Å². The zero-order chi connectivity index (χ0) is 18.9. The third-order valence-electron chi connectivity index (χ3n) is 3.72. The van der Waals surface area contributed by atoms with Gasteiger partial charge in [-0.1, -0.05) is 17.2 Å². The van der Waals surface area contributed by atoms with E-state index in [1.165, 1.54) is 14.0 Å². The Morgan fingerprint density at radius 2 is 1.96 bits per heavy atom. The van der Waals surface area contributed by atoms with Crippen molar-refractivity contribution in [2.75, 3.05) is 12.0 Å². The van der Waals surface area contributed by atoms with E-state index in [0.29, 0.717) is 11.1 Å². The first kappa shape index (κ1) is 18.9. The van der Waals surface area contributed by atoms with Crippen molar-refractivity contribution in [3.8, 4) is 5.75 Å². The van der Waals surface area contributed by atoms with E-state index in [2.05, 4.69) is 4.74 Å². The summed E-state index contributed by atoms with van der Waals surface area (Å²) in [6, 6.07) is 2.05. The molecule has 1 aromatic carbocycles.